The second-order valence-electron chi connectivity index (χ2n) is 4.45. The minimum atomic E-state index is 0.0666. The summed E-state index contributed by atoms with van der Waals surface area (Å²) in [5.74, 6) is 0.0666. The third-order valence-electron chi connectivity index (χ3n) is 2.77. The van der Waals surface area contributed by atoms with Gasteiger partial charge in [-0.25, -0.2) is 0 Å². The van der Waals surface area contributed by atoms with Crippen molar-refractivity contribution >= 4 is 33.2 Å². The molecule has 3 N–H and O–H groups in total. The molecule has 0 aliphatic rings. The van der Waals surface area contributed by atoms with Crippen molar-refractivity contribution < 1.29 is 4.79 Å². The highest BCUT2D eigenvalue weighted by molar-refractivity contribution is 9.10. The molecule has 0 aromatic heterocycles. The second kappa shape index (κ2) is 8.14. The number of anilines is 2. The van der Waals surface area contributed by atoms with Gasteiger partial charge in [-0.2, -0.15) is 0 Å². The molecule has 0 aliphatic carbocycles. The van der Waals surface area contributed by atoms with Crippen molar-refractivity contribution in [3.8, 4) is 0 Å². The van der Waals surface area contributed by atoms with Crippen LogP contribution in [0.25, 0.3) is 0 Å². The molecule has 3 nitrogen and oxygen atoms in total. The number of unbranched alkanes of at least 4 members (excludes halogenated alkanes) is 4. The molecule has 1 aromatic carbocycles. The average molecular weight is 313 g/mol. The normalized spacial score (nSPS) is 10.3. The van der Waals surface area contributed by atoms with Crippen LogP contribution in [0.3, 0.4) is 0 Å². The first kappa shape index (κ1) is 15.0. The molecule has 0 unspecified atom stereocenters. The quantitative estimate of drug-likeness (QED) is 0.581. The van der Waals surface area contributed by atoms with Crippen LogP contribution in [0.4, 0.5) is 11.4 Å². The maximum absolute atomic E-state index is 11.7. The lowest BCUT2D eigenvalue weighted by Gasteiger charge is -2.08. The first-order valence-corrected chi connectivity index (χ1v) is 7.27. The fraction of sp³-hybridized carbons (Fsp3) is 0.500. The Kier molecular flexibility index (Phi) is 6.80. The highest BCUT2D eigenvalue weighted by Gasteiger charge is 2.05. The fourth-order valence-electron chi connectivity index (χ4n) is 1.73. The molecule has 0 saturated heterocycles. The molecule has 0 fully saturated rings. The van der Waals surface area contributed by atoms with E-state index < -0.39 is 0 Å². The van der Waals surface area contributed by atoms with E-state index in [1.165, 1.54) is 19.3 Å². The van der Waals surface area contributed by atoms with Crippen LogP contribution in [0, 0.1) is 0 Å². The van der Waals surface area contributed by atoms with Crippen molar-refractivity contribution in [2.45, 2.75) is 45.4 Å². The van der Waals surface area contributed by atoms with Gasteiger partial charge in [-0.05, 0) is 40.5 Å². The van der Waals surface area contributed by atoms with Crippen molar-refractivity contribution in [3.63, 3.8) is 0 Å². The zero-order chi connectivity index (χ0) is 13.4. The van der Waals surface area contributed by atoms with Gasteiger partial charge >= 0.3 is 0 Å². The Hall–Kier alpha value is -1.03. The lowest BCUT2D eigenvalue weighted by Crippen LogP contribution is -2.11. The summed E-state index contributed by atoms with van der Waals surface area (Å²) in [7, 11) is 0. The van der Waals surface area contributed by atoms with Crippen LogP contribution < -0.4 is 11.1 Å². The number of hydrogen-bond donors (Lipinski definition) is 2. The van der Waals surface area contributed by atoms with Crippen LogP contribution >= 0.6 is 15.9 Å². The Morgan fingerprint density at radius 1 is 1.28 bits per heavy atom. The molecule has 0 heterocycles. The average Bonchev–Trinajstić information content (AvgIpc) is 2.32. The van der Waals surface area contributed by atoms with E-state index in [1.807, 2.05) is 6.07 Å². The van der Waals surface area contributed by atoms with Crippen molar-refractivity contribution in [2.75, 3.05) is 11.1 Å². The molecule has 0 saturated carbocycles. The van der Waals surface area contributed by atoms with Gasteiger partial charge in [0.25, 0.3) is 0 Å². The van der Waals surface area contributed by atoms with Crippen LogP contribution in [0.2, 0.25) is 0 Å². The van der Waals surface area contributed by atoms with Gasteiger partial charge in [0.1, 0.15) is 0 Å². The molecule has 1 aromatic rings. The van der Waals surface area contributed by atoms with Crippen molar-refractivity contribution in [1.82, 2.24) is 0 Å². The highest BCUT2D eigenvalue weighted by Crippen LogP contribution is 2.24. The minimum Gasteiger partial charge on any atom is -0.399 e. The summed E-state index contributed by atoms with van der Waals surface area (Å²) in [5, 5.41) is 2.89. The van der Waals surface area contributed by atoms with E-state index in [-0.39, 0.29) is 5.91 Å². The van der Waals surface area contributed by atoms with Gasteiger partial charge in [0, 0.05) is 16.6 Å². The van der Waals surface area contributed by atoms with Gasteiger partial charge in [0.2, 0.25) is 5.91 Å². The molecule has 0 spiro atoms. The zero-order valence-corrected chi connectivity index (χ0v) is 12.4. The smallest absolute Gasteiger partial charge is 0.224 e. The van der Waals surface area contributed by atoms with Crippen molar-refractivity contribution in [2.24, 2.45) is 0 Å². The van der Waals surface area contributed by atoms with Crippen LogP contribution in [-0.2, 0) is 4.79 Å². The lowest BCUT2D eigenvalue weighted by molar-refractivity contribution is -0.116. The maximum Gasteiger partial charge on any atom is 0.224 e. The van der Waals surface area contributed by atoms with Crippen LogP contribution in [0.15, 0.2) is 22.7 Å². The van der Waals surface area contributed by atoms with Crippen LogP contribution in [0.5, 0.6) is 0 Å². The zero-order valence-electron chi connectivity index (χ0n) is 10.8. The summed E-state index contributed by atoms with van der Waals surface area (Å²) in [5.41, 5.74) is 7.10. The number of rotatable bonds is 7. The molecule has 0 radical (unpaired) electrons. The number of halogens is 1. The van der Waals surface area contributed by atoms with Crippen LogP contribution in [0.1, 0.15) is 45.4 Å². The van der Waals surface area contributed by atoms with Crippen LogP contribution in [-0.4, -0.2) is 5.91 Å². The Bertz CT molecular complexity index is 393. The predicted octanol–water partition coefficient (Wildman–Crippen LogP) is 4.33. The SMILES string of the molecule is CCCCCCCC(=O)Nc1ccc(N)cc1Br. The fourth-order valence-corrected chi connectivity index (χ4v) is 2.23. The van der Waals surface area contributed by atoms with Gasteiger partial charge in [-0.15, -0.1) is 0 Å². The van der Waals surface area contributed by atoms with Gasteiger partial charge in [0.15, 0.2) is 0 Å². The van der Waals surface area contributed by atoms with Crippen molar-refractivity contribution in [3.05, 3.63) is 22.7 Å². The standard InChI is InChI=1S/C14H21BrN2O/c1-2-3-4-5-6-7-14(18)17-13-9-8-11(16)10-12(13)15/h8-10H,2-7,16H2,1H3,(H,17,18). The molecule has 0 aliphatic heterocycles. The summed E-state index contributed by atoms with van der Waals surface area (Å²) in [4.78, 5) is 11.7. The maximum atomic E-state index is 11.7. The van der Waals surface area contributed by atoms with Gasteiger partial charge in [0.05, 0.1) is 5.69 Å². The van der Waals surface area contributed by atoms with E-state index in [0.29, 0.717) is 12.1 Å². The third kappa shape index (κ3) is 5.54. The molecule has 0 bridgehead atoms. The second-order valence-corrected chi connectivity index (χ2v) is 5.31. The molecule has 1 amide bonds. The number of benzene rings is 1. The van der Waals surface area contributed by atoms with Crippen molar-refractivity contribution in [1.29, 1.82) is 0 Å². The summed E-state index contributed by atoms with van der Waals surface area (Å²) >= 11 is 3.38. The topological polar surface area (TPSA) is 55.1 Å². The van der Waals surface area contributed by atoms with E-state index in [4.69, 9.17) is 5.73 Å². The number of hydrogen-bond acceptors (Lipinski definition) is 2. The van der Waals surface area contributed by atoms with E-state index >= 15 is 0 Å². The monoisotopic (exact) mass is 312 g/mol. The number of nitrogen functional groups attached to an aromatic ring is 1. The minimum absolute atomic E-state index is 0.0666. The molecule has 0 atom stereocenters. The Labute approximate surface area is 117 Å². The van der Waals surface area contributed by atoms with Gasteiger partial charge < -0.3 is 11.1 Å². The molecule has 100 valence electrons. The van der Waals surface area contributed by atoms with Gasteiger partial charge in [-0.1, -0.05) is 32.6 Å². The van der Waals surface area contributed by atoms with E-state index in [9.17, 15) is 4.79 Å². The molecular formula is C14H21BrN2O. The third-order valence-corrected chi connectivity index (χ3v) is 3.43. The number of carbonyl (C=O) groups is 1. The highest BCUT2D eigenvalue weighted by atomic mass is 79.9. The molecule has 1 rings (SSSR count). The summed E-state index contributed by atoms with van der Waals surface area (Å²) in [6, 6.07) is 5.38. The Morgan fingerprint density at radius 3 is 2.67 bits per heavy atom. The summed E-state index contributed by atoms with van der Waals surface area (Å²) < 4.78 is 0.821. The Balaban J connectivity index is 2.31. The molecular weight excluding hydrogens is 292 g/mol. The number of nitrogens with two attached hydrogens (primary N) is 1. The molecule has 4 heteroatoms. The summed E-state index contributed by atoms with van der Waals surface area (Å²) in [6.45, 7) is 2.19. The van der Waals surface area contributed by atoms with E-state index in [1.54, 1.807) is 12.1 Å². The molecule has 18 heavy (non-hydrogen) atoms. The predicted molar refractivity (Wildman–Crippen MR) is 80.6 cm³/mol. The lowest BCUT2D eigenvalue weighted by atomic mass is 10.1. The largest absolute Gasteiger partial charge is 0.399 e. The first-order chi connectivity index (χ1) is 8.63. The summed E-state index contributed by atoms with van der Waals surface area (Å²) in [6.07, 6.45) is 6.37. The number of amides is 1. The number of carbonyl (C=O) groups excluding carboxylic acids is 1. The van der Waals surface area contributed by atoms with Gasteiger partial charge in [-0.3, -0.25) is 4.79 Å². The Morgan fingerprint density at radius 2 is 2.00 bits per heavy atom. The first-order valence-electron chi connectivity index (χ1n) is 6.48. The van der Waals surface area contributed by atoms with E-state index in [0.717, 1.165) is 23.0 Å². The number of nitrogens with one attached hydrogen (secondary N) is 1. The van der Waals surface area contributed by atoms with E-state index in [2.05, 4.69) is 28.2 Å².